The van der Waals surface area contributed by atoms with Crippen molar-refractivity contribution in [2.24, 2.45) is 5.92 Å². The van der Waals surface area contributed by atoms with Crippen LogP contribution in [0.4, 0.5) is 11.4 Å². The van der Waals surface area contributed by atoms with Gasteiger partial charge in [0.15, 0.2) is 0 Å². The van der Waals surface area contributed by atoms with Crippen molar-refractivity contribution in [2.45, 2.75) is 44.4 Å². The molecule has 102 valence electrons. The van der Waals surface area contributed by atoms with E-state index in [0.29, 0.717) is 11.8 Å². The van der Waals surface area contributed by atoms with Crippen LogP contribution < -0.4 is 5.32 Å². The highest BCUT2D eigenvalue weighted by Crippen LogP contribution is 2.42. The number of hydrogen-bond acceptors (Lipinski definition) is 3. The topological polar surface area (TPSA) is 55.2 Å². The summed E-state index contributed by atoms with van der Waals surface area (Å²) in [5.74, 6) is 1.16. The molecule has 2 aliphatic rings. The molecule has 1 fully saturated rings. The van der Waals surface area contributed by atoms with Crippen molar-refractivity contribution in [3.8, 4) is 0 Å². The summed E-state index contributed by atoms with van der Waals surface area (Å²) in [6, 6.07) is 5.25. The van der Waals surface area contributed by atoms with Crippen LogP contribution in [0.2, 0.25) is 0 Å². The molecular formula is C15H20N2O2. The van der Waals surface area contributed by atoms with Gasteiger partial charge in [-0.2, -0.15) is 0 Å². The number of non-ortho nitro benzene ring substituents is 1. The summed E-state index contributed by atoms with van der Waals surface area (Å²) >= 11 is 0. The van der Waals surface area contributed by atoms with E-state index >= 15 is 0 Å². The molecule has 1 aromatic rings. The second-order valence-electron chi connectivity index (χ2n) is 5.77. The van der Waals surface area contributed by atoms with Crippen LogP contribution in [0, 0.1) is 16.0 Å². The first kappa shape index (κ1) is 12.5. The molecule has 0 amide bonds. The Labute approximate surface area is 113 Å². The van der Waals surface area contributed by atoms with Crippen LogP contribution in [0.3, 0.4) is 0 Å². The molecule has 1 aliphatic carbocycles. The fourth-order valence-corrected chi connectivity index (χ4v) is 3.60. The summed E-state index contributed by atoms with van der Waals surface area (Å²) in [6.07, 6.45) is 7.86. The standard InChI is InChI=1S/C15H20N2O2/c18-17(19)12-7-8-15-13(9-12)14(10-16-15)11-5-3-1-2-4-6-11/h7-9,11,14,16H,1-6,10H2. The van der Waals surface area contributed by atoms with E-state index in [0.717, 1.165) is 12.2 Å². The van der Waals surface area contributed by atoms with Gasteiger partial charge in [0.2, 0.25) is 0 Å². The predicted octanol–water partition coefficient (Wildman–Crippen LogP) is 4.07. The fraction of sp³-hybridized carbons (Fsp3) is 0.600. The Kier molecular flexibility index (Phi) is 3.40. The zero-order chi connectivity index (χ0) is 13.2. The lowest BCUT2D eigenvalue weighted by molar-refractivity contribution is -0.384. The van der Waals surface area contributed by atoms with Gasteiger partial charge < -0.3 is 5.32 Å². The molecule has 0 bridgehead atoms. The number of nitrogens with zero attached hydrogens (tertiary/aromatic N) is 1. The Balaban J connectivity index is 1.87. The molecule has 1 unspecified atom stereocenters. The van der Waals surface area contributed by atoms with E-state index in [2.05, 4.69) is 5.32 Å². The van der Waals surface area contributed by atoms with Crippen LogP contribution in [0.1, 0.15) is 50.0 Å². The molecule has 1 N–H and O–H groups in total. The lowest BCUT2D eigenvalue weighted by Gasteiger charge is -2.21. The van der Waals surface area contributed by atoms with Crippen molar-refractivity contribution in [3.63, 3.8) is 0 Å². The van der Waals surface area contributed by atoms with Gasteiger partial charge in [-0.1, -0.05) is 25.7 Å². The molecule has 1 heterocycles. The number of hydrogen-bond donors (Lipinski definition) is 1. The number of fused-ring (bicyclic) bond motifs is 1. The quantitative estimate of drug-likeness (QED) is 0.495. The van der Waals surface area contributed by atoms with Gasteiger partial charge in [-0.3, -0.25) is 10.1 Å². The molecule has 1 aliphatic heterocycles. The van der Waals surface area contributed by atoms with Crippen molar-refractivity contribution < 1.29 is 4.92 Å². The Bertz CT molecular complexity index is 479. The van der Waals surface area contributed by atoms with Crippen LogP contribution in [0.5, 0.6) is 0 Å². The number of anilines is 1. The van der Waals surface area contributed by atoms with E-state index in [1.165, 1.54) is 44.1 Å². The average Bonchev–Trinajstić information content (AvgIpc) is 2.64. The van der Waals surface area contributed by atoms with Crippen molar-refractivity contribution in [1.29, 1.82) is 0 Å². The molecule has 0 radical (unpaired) electrons. The molecule has 4 heteroatoms. The maximum Gasteiger partial charge on any atom is 0.269 e. The third-order valence-electron chi connectivity index (χ3n) is 4.63. The number of nitro benzene ring substituents is 1. The first-order valence-corrected chi connectivity index (χ1v) is 7.28. The minimum atomic E-state index is -0.289. The maximum atomic E-state index is 10.9. The smallest absolute Gasteiger partial charge is 0.269 e. The van der Waals surface area contributed by atoms with Crippen LogP contribution in [0.15, 0.2) is 18.2 Å². The molecule has 0 spiro atoms. The van der Waals surface area contributed by atoms with Crippen molar-refractivity contribution >= 4 is 11.4 Å². The molecule has 1 saturated carbocycles. The molecule has 0 aromatic heterocycles. The molecule has 1 atom stereocenters. The molecule has 19 heavy (non-hydrogen) atoms. The summed E-state index contributed by atoms with van der Waals surface area (Å²) in [5, 5.41) is 14.3. The molecule has 0 saturated heterocycles. The lowest BCUT2D eigenvalue weighted by Crippen LogP contribution is -2.14. The molecule has 1 aromatic carbocycles. The van der Waals surface area contributed by atoms with Crippen molar-refractivity contribution in [2.75, 3.05) is 11.9 Å². The predicted molar refractivity (Wildman–Crippen MR) is 75.5 cm³/mol. The second-order valence-corrected chi connectivity index (χ2v) is 5.77. The highest BCUT2D eigenvalue weighted by molar-refractivity contribution is 5.61. The summed E-state index contributed by atoms with van der Waals surface area (Å²) in [7, 11) is 0. The van der Waals surface area contributed by atoms with Crippen LogP contribution >= 0.6 is 0 Å². The van der Waals surface area contributed by atoms with Crippen molar-refractivity contribution in [3.05, 3.63) is 33.9 Å². The normalized spacial score (nSPS) is 23.5. The van der Waals surface area contributed by atoms with E-state index in [-0.39, 0.29) is 10.6 Å². The number of rotatable bonds is 2. The van der Waals surface area contributed by atoms with E-state index in [1.54, 1.807) is 12.1 Å². The van der Waals surface area contributed by atoms with Crippen molar-refractivity contribution in [1.82, 2.24) is 0 Å². The second kappa shape index (κ2) is 5.19. The minimum absolute atomic E-state index is 0.223. The van der Waals surface area contributed by atoms with E-state index in [4.69, 9.17) is 0 Å². The first-order chi connectivity index (χ1) is 9.25. The molecule has 3 rings (SSSR count). The molecule has 4 nitrogen and oxygen atoms in total. The minimum Gasteiger partial charge on any atom is -0.384 e. The Morgan fingerprint density at radius 3 is 2.58 bits per heavy atom. The number of nitrogens with one attached hydrogen (secondary N) is 1. The van der Waals surface area contributed by atoms with Gasteiger partial charge >= 0.3 is 0 Å². The molecular weight excluding hydrogens is 240 g/mol. The summed E-state index contributed by atoms with van der Waals surface area (Å²) in [4.78, 5) is 10.6. The highest BCUT2D eigenvalue weighted by atomic mass is 16.6. The Morgan fingerprint density at radius 1 is 1.16 bits per heavy atom. The monoisotopic (exact) mass is 260 g/mol. The zero-order valence-corrected chi connectivity index (χ0v) is 11.1. The van der Waals surface area contributed by atoms with Crippen LogP contribution in [0.25, 0.3) is 0 Å². The zero-order valence-electron chi connectivity index (χ0n) is 11.1. The van der Waals surface area contributed by atoms with Gasteiger partial charge in [-0.25, -0.2) is 0 Å². The average molecular weight is 260 g/mol. The van der Waals surface area contributed by atoms with E-state index < -0.39 is 0 Å². The summed E-state index contributed by atoms with van der Waals surface area (Å²) in [6.45, 7) is 0.946. The Morgan fingerprint density at radius 2 is 1.89 bits per heavy atom. The maximum absolute atomic E-state index is 10.9. The first-order valence-electron chi connectivity index (χ1n) is 7.28. The third kappa shape index (κ3) is 2.44. The number of benzene rings is 1. The third-order valence-corrected chi connectivity index (χ3v) is 4.63. The number of nitro groups is 1. The highest BCUT2D eigenvalue weighted by Gasteiger charge is 2.31. The van der Waals surface area contributed by atoms with Gasteiger partial charge in [0.25, 0.3) is 5.69 Å². The Hall–Kier alpha value is -1.58. The van der Waals surface area contributed by atoms with Gasteiger partial charge in [0, 0.05) is 30.3 Å². The van der Waals surface area contributed by atoms with Gasteiger partial charge in [0.05, 0.1) is 4.92 Å². The van der Waals surface area contributed by atoms with E-state index in [1.807, 2.05) is 6.07 Å². The van der Waals surface area contributed by atoms with E-state index in [9.17, 15) is 10.1 Å². The fourth-order valence-electron chi connectivity index (χ4n) is 3.60. The SMILES string of the molecule is O=[N+]([O-])c1ccc2c(c1)C(C1CCCCCC1)CN2. The van der Waals surface area contributed by atoms with Crippen LogP contribution in [-0.2, 0) is 0 Å². The largest absolute Gasteiger partial charge is 0.384 e. The summed E-state index contributed by atoms with van der Waals surface area (Å²) < 4.78 is 0. The van der Waals surface area contributed by atoms with Gasteiger partial charge in [0.1, 0.15) is 0 Å². The van der Waals surface area contributed by atoms with Crippen LogP contribution in [-0.4, -0.2) is 11.5 Å². The summed E-state index contributed by atoms with van der Waals surface area (Å²) in [5.41, 5.74) is 2.49. The lowest BCUT2D eigenvalue weighted by atomic mass is 9.82. The van der Waals surface area contributed by atoms with Gasteiger partial charge in [-0.05, 0) is 30.4 Å². The van der Waals surface area contributed by atoms with Gasteiger partial charge in [-0.15, -0.1) is 0 Å².